The molecule has 0 radical (unpaired) electrons. The Morgan fingerprint density at radius 1 is 1.06 bits per heavy atom. The van der Waals surface area contributed by atoms with Gasteiger partial charge in [-0.05, 0) is 35.9 Å². The predicted molar refractivity (Wildman–Crippen MR) is 61.5 cm³/mol. The Morgan fingerprint density at radius 3 is 2.47 bits per heavy atom. The van der Waals surface area contributed by atoms with Gasteiger partial charge in [-0.3, -0.25) is 0 Å². The van der Waals surface area contributed by atoms with E-state index >= 15 is 0 Å². The van der Waals surface area contributed by atoms with Gasteiger partial charge in [0.05, 0.1) is 16.7 Å². The van der Waals surface area contributed by atoms with Gasteiger partial charge in [-0.25, -0.2) is 8.78 Å². The zero-order valence-corrected chi connectivity index (χ0v) is 9.30. The molecular formula is C13H6ClF2N. The zero-order chi connectivity index (χ0) is 12.4. The topological polar surface area (TPSA) is 23.8 Å². The quantitative estimate of drug-likeness (QED) is 0.745. The minimum Gasteiger partial charge on any atom is -0.207 e. The molecular weight excluding hydrogens is 244 g/mol. The average molecular weight is 250 g/mol. The normalized spacial score (nSPS) is 10.0. The third-order valence-corrected chi connectivity index (χ3v) is 2.64. The lowest BCUT2D eigenvalue weighted by molar-refractivity contribution is 0.626. The Labute approximate surface area is 102 Å². The molecule has 1 nitrogen and oxygen atoms in total. The molecule has 0 atom stereocenters. The van der Waals surface area contributed by atoms with Crippen LogP contribution in [0.3, 0.4) is 0 Å². The molecule has 2 rings (SSSR count). The van der Waals surface area contributed by atoms with Crippen LogP contribution in [0.5, 0.6) is 0 Å². The molecule has 0 bridgehead atoms. The second-order valence-corrected chi connectivity index (χ2v) is 3.84. The monoisotopic (exact) mass is 249 g/mol. The van der Waals surface area contributed by atoms with Gasteiger partial charge in [0.15, 0.2) is 0 Å². The van der Waals surface area contributed by atoms with E-state index in [4.69, 9.17) is 16.9 Å². The molecule has 2 aromatic carbocycles. The van der Waals surface area contributed by atoms with Crippen LogP contribution in [-0.2, 0) is 0 Å². The third-order valence-electron chi connectivity index (χ3n) is 2.33. The van der Waals surface area contributed by atoms with Crippen molar-refractivity contribution in [3.63, 3.8) is 0 Å². The first-order valence-corrected chi connectivity index (χ1v) is 5.14. The molecule has 0 fully saturated rings. The summed E-state index contributed by atoms with van der Waals surface area (Å²) in [5.41, 5.74) is 1.05. The summed E-state index contributed by atoms with van der Waals surface area (Å²) in [6.45, 7) is 0. The number of benzene rings is 2. The smallest absolute Gasteiger partial charge is 0.142 e. The van der Waals surface area contributed by atoms with Crippen LogP contribution in [0.4, 0.5) is 8.78 Å². The number of hydrogen-bond acceptors (Lipinski definition) is 1. The van der Waals surface area contributed by atoms with Gasteiger partial charge in [0, 0.05) is 5.56 Å². The van der Waals surface area contributed by atoms with Crippen LogP contribution in [-0.4, -0.2) is 0 Å². The highest BCUT2D eigenvalue weighted by Gasteiger charge is 2.08. The Balaban J connectivity index is 2.63. The number of nitrogens with zero attached hydrogens (tertiary/aromatic N) is 1. The highest BCUT2D eigenvalue weighted by molar-refractivity contribution is 6.30. The van der Waals surface area contributed by atoms with E-state index in [1.54, 1.807) is 6.07 Å². The van der Waals surface area contributed by atoms with Crippen molar-refractivity contribution in [1.29, 1.82) is 5.26 Å². The van der Waals surface area contributed by atoms with E-state index in [0.29, 0.717) is 11.1 Å². The molecule has 4 heteroatoms. The Bertz CT molecular complexity index is 617. The molecule has 0 saturated heterocycles. The van der Waals surface area contributed by atoms with Crippen LogP contribution < -0.4 is 0 Å². The summed E-state index contributed by atoms with van der Waals surface area (Å²) in [4.78, 5) is 0. The largest absolute Gasteiger partial charge is 0.207 e. The number of nitriles is 1. The second-order valence-electron chi connectivity index (χ2n) is 3.43. The molecule has 0 N–H and O–H groups in total. The van der Waals surface area contributed by atoms with E-state index in [-0.39, 0.29) is 10.6 Å². The van der Waals surface area contributed by atoms with Crippen LogP contribution in [0.2, 0.25) is 5.02 Å². The fourth-order valence-corrected chi connectivity index (χ4v) is 1.63. The van der Waals surface area contributed by atoms with Gasteiger partial charge in [-0.2, -0.15) is 5.26 Å². The van der Waals surface area contributed by atoms with Crippen molar-refractivity contribution >= 4 is 11.6 Å². The summed E-state index contributed by atoms with van der Waals surface area (Å²) < 4.78 is 26.4. The molecule has 0 aromatic heterocycles. The SMILES string of the molecule is N#Cc1ccc(F)cc1-c1ccc(Cl)c(F)c1. The van der Waals surface area contributed by atoms with Crippen molar-refractivity contribution in [2.75, 3.05) is 0 Å². The minimum absolute atomic E-state index is 0.0105. The maximum atomic E-state index is 13.3. The van der Waals surface area contributed by atoms with E-state index in [1.165, 1.54) is 30.3 Å². The van der Waals surface area contributed by atoms with Crippen molar-refractivity contribution in [1.82, 2.24) is 0 Å². The van der Waals surface area contributed by atoms with E-state index in [1.807, 2.05) is 6.07 Å². The Kier molecular flexibility index (Phi) is 3.08. The van der Waals surface area contributed by atoms with Gasteiger partial charge in [0.25, 0.3) is 0 Å². The third kappa shape index (κ3) is 2.27. The predicted octanol–water partition coefficient (Wildman–Crippen LogP) is 4.16. The van der Waals surface area contributed by atoms with Gasteiger partial charge in [0.2, 0.25) is 0 Å². The van der Waals surface area contributed by atoms with Gasteiger partial charge in [-0.15, -0.1) is 0 Å². The summed E-state index contributed by atoms with van der Waals surface area (Å²) in [5.74, 6) is -1.08. The molecule has 0 unspecified atom stereocenters. The van der Waals surface area contributed by atoms with E-state index in [0.717, 1.165) is 0 Å². The highest BCUT2D eigenvalue weighted by Crippen LogP contribution is 2.27. The van der Waals surface area contributed by atoms with E-state index in [9.17, 15) is 8.78 Å². The van der Waals surface area contributed by atoms with Crippen LogP contribution in [0.1, 0.15) is 5.56 Å². The number of hydrogen-bond donors (Lipinski definition) is 0. The fraction of sp³-hybridized carbons (Fsp3) is 0. The maximum absolute atomic E-state index is 13.3. The first-order valence-electron chi connectivity index (χ1n) is 4.77. The summed E-state index contributed by atoms with van der Waals surface area (Å²) >= 11 is 5.56. The zero-order valence-electron chi connectivity index (χ0n) is 8.55. The molecule has 0 amide bonds. The van der Waals surface area contributed by atoms with E-state index < -0.39 is 11.6 Å². The molecule has 2 aromatic rings. The lowest BCUT2D eigenvalue weighted by Gasteiger charge is -2.05. The highest BCUT2D eigenvalue weighted by atomic mass is 35.5. The standard InChI is InChI=1S/C13H6ClF2N/c14-12-4-2-8(5-13(12)16)11-6-10(15)3-1-9(11)7-17/h1-6H. The fourth-order valence-electron chi connectivity index (χ4n) is 1.52. The molecule has 84 valence electrons. The van der Waals surface area contributed by atoms with E-state index in [2.05, 4.69) is 0 Å². The summed E-state index contributed by atoms with van der Waals surface area (Å²) in [6, 6.07) is 9.77. The molecule has 0 aliphatic rings. The van der Waals surface area contributed by atoms with Gasteiger partial charge < -0.3 is 0 Å². The van der Waals surface area contributed by atoms with Gasteiger partial charge in [0.1, 0.15) is 11.6 Å². The Morgan fingerprint density at radius 2 is 1.82 bits per heavy atom. The molecule has 0 heterocycles. The summed E-state index contributed by atoms with van der Waals surface area (Å²) in [5, 5.41) is 8.89. The summed E-state index contributed by atoms with van der Waals surface area (Å²) in [6.07, 6.45) is 0. The average Bonchev–Trinajstić information content (AvgIpc) is 2.32. The first kappa shape index (κ1) is 11.6. The summed E-state index contributed by atoms with van der Waals surface area (Å²) in [7, 11) is 0. The first-order chi connectivity index (χ1) is 8.11. The van der Waals surface area contributed by atoms with Crippen molar-refractivity contribution in [3.05, 3.63) is 58.6 Å². The van der Waals surface area contributed by atoms with Gasteiger partial charge in [-0.1, -0.05) is 17.7 Å². The number of halogens is 3. The molecule has 0 saturated carbocycles. The van der Waals surface area contributed by atoms with Crippen LogP contribution in [0, 0.1) is 23.0 Å². The van der Waals surface area contributed by atoms with Gasteiger partial charge >= 0.3 is 0 Å². The van der Waals surface area contributed by atoms with Crippen molar-refractivity contribution in [3.8, 4) is 17.2 Å². The lowest BCUT2D eigenvalue weighted by Crippen LogP contribution is -1.88. The van der Waals surface area contributed by atoms with Crippen LogP contribution in [0.15, 0.2) is 36.4 Å². The molecule has 0 spiro atoms. The van der Waals surface area contributed by atoms with Crippen molar-refractivity contribution in [2.24, 2.45) is 0 Å². The van der Waals surface area contributed by atoms with Crippen LogP contribution in [0.25, 0.3) is 11.1 Å². The van der Waals surface area contributed by atoms with Crippen molar-refractivity contribution < 1.29 is 8.78 Å². The lowest BCUT2D eigenvalue weighted by atomic mass is 10.0. The molecule has 17 heavy (non-hydrogen) atoms. The number of rotatable bonds is 1. The second kappa shape index (κ2) is 4.52. The Hall–Kier alpha value is -1.92. The maximum Gasteiger partial charge on any atom is 0.142 e. The van der Waals surface area contributed by atoms with Crippen LogP contribution >= 0.6 is 11.6 Å². The van der Waals surface area contributed by atoms with Crippen molar-refractivity contribution in [2.45, 2.75) is 0 Å². The molecule has 0 aliphatic heterocycles. The molecule has 0 aliphatic carbocycles. The minimum atomic E-state index is -0.600.